The summed E-state index contributed by atoms with van der Waals surface area (Å²) in [6, 6.07) is 6.31. The zero-order chi connectivity index (χ0) is 12.4. The maximum absolute atomic E-state index is 12.3. The fourth-order valence-corrected chi connectivity index (χ4v) is 3.13. The minimum absolute atomic E-state index is 0.140. The van der Waals surface area contributed by atoms with Crippen molar-refractivity contribution in [2.24, 2.45) is 0 Å². The lowest BCUT2D eigenvalue weighted by Crippen LogP contribution is -2.35. The van der Waals surface area contributed by atoms with E-state index in [0.29, 0.717) is 6.04 Å². The molecule has 0 aliphatic heterocycles. The van der Waals surface area contributed by atoms with Crippen molar-refractivity contribution in [3.05, 3.63) is 33.8 Å². The number of hydrogen-bond donors (Lipinski definition) is 0. The van der Waals surface area contributed by atoms with Crippen molar-refractivity contribution < 1.29 is 4.79 Å². The summed E-state index contributed by atoms with van der Waals surface area (Å²) in [7, 11) is 1.93. The van der Waals surface area contributed by atoms with Crippen molar-refractivity contribution in [1.82, 2.24) is 4.90 Å². The summed E-state index contributed by atoms with van der Waals surface area (Å²) in [6.07, 6.45) is 4.80. The van der Waals surface area contributed by atoms with Crippen molar-refractivity contribution in [3.63, 3.8) is 0 Å². The van der Waals surface area contributed by atoms with Crippen LogP contribution in [0.2, 0.25) is 0 Å². The molecule has 1 amide bonds. The van der Waals surface area contributed by atoms with Crippen LogP contribution < -0.4 is 0 Å². The van der Waals surface area contributed by atoms with Crippen molar-refractivity contribution in [2.75, 3.05) is 7.05 Å². The third-order valence-electron chi connectivity index (χ3n) is 3.48. The van der Waals surface area contributed by atoms with Crippen LogP contribution in [0.5, 0.6) is 0 Å². The molecule has 0 aromatic heterocycles. The highest BCUT2D eigenvalue weighted by molar-refractivity contribution is 9.10. The molecule has 0 radical (unpaired) electrons. The van der Waals surface area contributed by atoms with Crippen molar-refractivity contribution in [3.8, 4) is 0 Å². The number of halogens is 1. The zero-order valence-corrected chi connectivity index (χ0v) is 12.0. The van der Waals surface area contributed by atoms with E-state index in [4.69, 9.17) is 0 Å². The normalized spacial score (nSPS) is 16.2. The van der Waals surface area contributed by atoms with E-state index in [1.807, 2.05) is 37.1 Å². The van der Waals surface area contributed by atoms with Crippen LogP contribution in [-0.4, -0.2) is 23.9 Å². The Hall–Kier alpha value is -0.830. The lowest BCUT2D eigenvalue weighted by atomic mass is 10.1. The average molecular weight is 296 g/mol. The van der Waals surface area contributed by atoms with Gasteiger partial charge < -0.3 is 4.90 Å². The van der Waals surface area contributed by atoms with E-state index in [-0.39, 0.29) is 5.91 Å². The summed E-state index contributed by atoms with van der Waals surface area (Å²) in [5, 5.41) is 0. The number of carbonyl (C=O) groups is 1. The maximum Gasteiger partial charge on any atom is 0.253 e. The van der Waals surface area contributed by atoms with Crippen LogP contribution in [0.25, 0.3) is 0 Å². The van der Waals surface area contributed by atoms with E-state index in [1.165, 1.54) is 12.8 Å². The Balaban J connectivity index is 2.17. The van der Waals surface area contributed by atoms with Gasteiger partial charge in [-0.05, 0) is 43.5 Å². The molecule has 0 spiro atoms. The van der Waals surface area contributed by atoms with Crippen molar-refractivity contribution >= 4 is 21.8 Å². The van der Waals surface area contributed by atoms with Crippen molar-refractivity contribution in [2.45, 2.75) is 38.6 Å². The Labute approximate surface area is 111 Å². The van der Waals surface area contributed by atoms with Gasteiger partial charge in [-0.3, -0.25) is 4.79 Å². The summed E-state index contributed by atoms with van der Waals surface area (Å²) in [5.41, 5.74) is 1.90. The third-order valence-corrected chi connectivity index (χ3v) is 3.94. The van der Waals surface area contributed by atoms with Gasteiger partial charge >= 0.3 is 0 Å². The van der Waals surface area contributed by atoms with Gasteiger partial charge in [0.15, 0.2) is 0 Å². The Morgan fingerprint density at radius 3 is 2.53 bits per heavy atom. The molecule has 2 rings (SSSR count). The summed E-state index contributed by atoms with van der Waals surface area (Å²) < 4.78 is 0.973. The number of benzene rings is 1. The highest BCUT2D eigenvalue weighted by Crippen LogP contribution is 2.24. The van der Waals surface area contributed by atoms with Crippen LogP contribution in [0.15, 0.2) is 22.7 Å². The molecule has 0 unspecified atom stereocenters. The van der Waals surface area contributed by atoms with E-state index in [0.717, 1.165) is 28.4 Å². The van der Waals surface area contributed by atoms with Gasteiger partial charge in [0.1, 0.15) is 0 Å². The van der Waals surface area contributed by atoms with Crippen LogP contribution in [0.4, 0.5) is 0 Å². The Kier molecular flexibility index (Phi) is 3.87. The summed E-state index contributed by atoms with van der Waals surface area (Å²) >= 11 is 3.44. The average Bonchev–Trinajstić information content (AvgIpc) is 2.79. The largest absolute Gasteiger partial charge is 0.339 e. The molecule has 0 saturated heterocycles. The molecule has 1 aromatic rings. The Morgan fingerprint density at radius 1 is 1.29 bits per heavy atom. The third kappa shape index (κ3) is 2.89. The van der Waals surface area contributed by atoms with Crippen LogP contribution >= 0.6 is 15.9 Å². The summed E-state index contributed by atoms with van der Waals surface area (Å²) in [4.78, 5) is 14.3. The number of aryl methyl sites for hydroxylation is 1. The number of hydrogen-bond acceptors (Lipinski definition) is 1. The Bertz CT molecular complexity index is 404. The molecular weight excluding hydrogens is 278 g/mol. The molecule has 1 aliphatic rings. The molecular formula is C14H18BrNO. The molecule has 1 aliphatic carbocycles. The van der Waals surface area contributed by atoms with Gasteiger partial charge in [0.25, 0.3) is 5.91 Å². The molecule has 92 valence electrons. The fourth-order valence-electron chi connectivity index (χ4n) is 2.52. The standard InChI is InChI=1S/C14H18BrNO/c1-10-7-11(9-12(15)8-10)14(17)16(2)13-5-3-4-6-13/h7-9,13H,3-6H2,1-2H3. The van der Waals surface area contributed by atoms with Gasteiger partial charge in [-0.1, -0.05) is 28.8 Å². The quantitative estimate of drug-likeness (QED) is 0.813. The second-order valence-electron chi connectivity index (χ2n) is 4.87. The van der Waals surface area contributed by atoms with E-state index < -0.39 is 0 Å². The highest BCUT2D eigenvalue weighted by Gasteiger charge is 2.24. The second-order valence-corrected chi connectivity index (χ2v) is 5.79. The van der Waals surface area contributed by atoms with Gasteiger partial charge in [-0.25, -0.2) is 0 Å². The van der Waals surface area contributed by atoms with Gasteiger partial charge in [0, 0.05) is 23.1 Å². The number of carbonyl (C=O) groups excluding carboxylic acids is 1. The lowest BCUT2D eigenvalue weighted by molar-refractivity contribution is 0.0735. The molecule has 1 saturated carbocycles. The zero-order valence-electron chi connectivity index (χ0n) is 10.4. The molecule has 0 bridgehead atoms. The second kappa shape index (κ2) is 5.21. The van der Waals surface area contributed by atoms with Crippen LogP contribution in [-0.2, 0) is 0 Å². The van der Waals surface area contributed by atoms with E-state index in [2.05, 4.69) is 15.9 Å². The maximum atomic E-state index is 12.3. The number of nitrogens with zero attached hydrogens (tertiary/aromatic N) is 1. The first kappa shape index (κ1) is 12.6. The van der Waals surface area contributed by atoms with E-state index in [9.17, 15) is 4.79 Å². The van der Waals surface area contributed by atoms with Gasteiger partial charge in [0.2, 0.25) is 0 Å². The monoisotopic (exact) mass is 295 g/mol. The minimum Gasteiger partial charge on any atom is -0.339 e. The molecule has 0 N–H and O–H groups in total. The summed E-state index contributed by atoms with van der Waals surface area (Å²) in [6.45, 7) is 2.01. The minimum atomic E-state index is 0.140. The molecule has 0 atom stereocenters. The summed E-state index contributed by atoms with van der Waals surface area (Å²) in [5.74, 6) is 0.140. The van der Waals surface area contributed by atoms with Crippen LogP contribution in [0.1, 0.15) is 41.6 Å². The first-order valence-corrected chi connectivity index (χ1v) is 6.91. The number of amides is 1. The first-order valence-electron chi connectivity index (χ1n) is 6.12. The molecule has 0 heterocycles. The molecule has 1 aromatic carbocycles. The van der Waals surface area contributed by atoms with E-state index >= 15 is 0 Å². The molecule has 2 nitrogen and oxygen atoms in total. The smallest absolute Gasteiger partial charge is 0.253 e. The van der Waals surface area contributed by atoms with E-state index in [1.54, 1.807) is 0 Å². The van der Waals surface area contributed by atoms with Gasteiger partial charge in [-0.15, -0.1) is 0 Å². The fraction of sp³-hybridized carbons (Fsp3) is 0.500. The predicted molar refractivity (Wildman–Crippen MR) is 73.2 cm³/mol. The predicted octanol–water partition coefficient (Wildman–Crippen LogP) is 3.77. The lowest BCUT2D eigenvalue weighted by Gasteiger charge is -2.24. The topological polar surface area (TPSA) is 20.3 Å². The molecule has 3 heteroatoms. The SMILES string of the molecule is Cc1cc(Br)cc(C(=O)N(C)C2CCCC2)c1. The van der Waals surface area contributed by atoms with Crippen molar-refractivity contribution in [1.29, 1.82) is 0 Å². The van der Waals surface area contributed by atoms with Crippen LogP contribution in [0, 0.1) is 6.92 Å². The number of rotatable bonds is 2. The molecule has 1 fully saturated rings. The first-order chi connectivity index (χ1) is 8.08. The highest BCUT2D eigenvalue weighted by atomic mass is 79.9. The van der Waals surface area contributed by atoms with Gasteiger partial charge in [-0.2, -0.15) is 0 Å². The Morgan fingerprint density at radius 2 is 1.94 bits per heavy atom. The molecule has 17 heavy (non-hydrogen) atoms. The van der Waals surface area contributed by atoms with Gasteiger partial charge in [0.05, 0.1) is 0 Å². The van der Waals surface area contributed by atoms with Crippen LogP contribution in [0.3, 0.4) is 0 Å².